The second kappa shape index (κ2) is 1.83. The molecule has 3 nitrogen and oxygen atoms in total. The molecule has 0 saturated heterocycles. The second-order valence-electron chi connectivity index (χ2n) is 2.46. The first-order chi connectivity index (χ1) is 4.13. The van der Waals surface area contributed by atoms with Crippen molar-refractivity contribution in [2.45, 2.75) is 13.3 Å². The Hall–Kier alpha value is -0.860. The molecule has 1 amide bonds. The van der Waals surface area contributed by atoms with Crippen LogP contribution in [0.5, 0.6) is 0 Å². The molecule has 0 radical (unpaired) electrons. The molecule has 0 spiro atoms. The van der Waals surface area contributed by atoms with Gasteiger partial charge in [-0.25, -0.2) is 0 Å². The van der Waals surface area contributed by atoms with Gasteiger partial charge in [-0.1, -0.05) is 0 Å². The van der Waals surface area contributed by atoms with E-state index in [1.807, 2.05) is 0 Å². The predicted octanol–water partition coefficient (Wildman–Crippen LogP) is -0.303. The van der Waals surface area contributed by atoms with Crippen LogP contribution in [0, 0.1) is 11.8 Å². The average Bonchev–Trinajstić information content (AvgIpc) is 2.39. The van der Waals surface area contributed by atoms with Crippen molar-refractivity contribution >= 4 is 11.7 Å². The minimum atomic E-state index is -0.338. The molecule has 2 atom stereocenters. The molecule has 0 unspecified atom stereocenters. The molecule has 1 aliphatic rings. The first-order valence-electron chi connectivity index (χ1n) is 2.92. The van der Waals surface area contributed by atoms with Gasteiger partial charge in [-0.15, -0.1) is 0 Å². The summed E-state index contributed by atoms with van der Waals surface area (Å²) in [4.78, 5) is 20.9. The van der Waals surface area contributed by atoms with Gasteiger partial charge in [0.15, 0.2) is 0 Å². The molecule has 0 aromatic carbocycles. The minimum Gasteiger partial charge on any atom is -0.369 e. The smallest absolute Gasteiger partial charge is 0.221 e. The number of Topliss-reactive ketones (excluding diaryl/α,β-unsaturated/α-hetero) is 1. The van der Waals surface area contributed by atoms with Crippen molar-refractivity contribution in [1.29, 1.82) is 0 Å². The summed E-state index contributed by atoms with van der Waals surface area (Å²) in [6.45, 7) is 1.49. The molecule has 1 fully saturated rings. The first kappa shape index (κ1) is 6.26. The van der Waals surface area contributed by atoms with Gasteiger partial charge in [0.1, 0.15) is 5.78 Å². The Morgan fingerprint density at radius 2 is 2.00 bits per heavy atom. The van der Waals surface area contributed by atoms with Crippen molar-refractivity contribution in [1.82, 2.24) is 0 Å². The van der Waals surface area contributed by atoms with Crippen LogP contribution in [0.4, 0.5) is 0 Å². The molecule has 0 bridgehead atoms. The van der Waals surface area contributed by atoms with Gasteiger partial charge in [0, 0.05) is 11.8 Å². The minimum absolute atomic E-state index is 0.0532. The highest BCUT2D eigenvalue weighted by atomic mass is 16.1. The van der Waals surface area contributed by atoms with E-state index in [1.54, 1.807) is 0 Å². The molecule has 1 rings (SSSR count). The maximum atomic E-state index is 10.5. The zero-order valence-electron chi connectivity index (χ0n) is 5.26. The molecule has 50 valence electrons. The van der Waals surface area contributed by atoms with Gasteiger partial charge in [-0.3, -0.25) is 9.59 Å². The highest BCUT2D eigenvalue weighted by Gasteiger charge is 2.44. The van der Waals surface area contributed by atoms with Crippen LogP contribution < -0.4 is 5.73 Å². The van der Waals surface area contributed by atoms with Crippen LogP contribution in [0.3, 0.4) is 0 Å². The number of amides is 1. The zero-order valence-corrected chi connectivity index (χ0v) is 5.26. The van der Waals surface area contributed by atoms with Gasteiger partial charge < -0.3 is 5.73 Å². The average molecular weight is 127 g/mol. The summed E-state index contributed by atoms with van der Waals surface area (Å²) in [6.07, 6.45) is 0.671. The molecule has 3 heteroatoms. The SMILES string of the molecule is CC(=O)[C@H]1C[C@H]1C(N)=O. The highest BCUT2D eigenvalue weighted by Crippen LogP contribution is 2.38. The number of hydrogen-bond donors (Lipinski definition) is 1. The van der Waals surface area contributed by atoms with Gasteiger partial charge in [0.2, 0.25) is 5.91 Å². The fraction of sp³-hybridized carbons (Fsp3) is 0.667. The third-order valence-corrected chi connectivity index (χ3v) is 1.68. The molecule has 1 aliphatic carbocycles. The summed E-state index contributed by atoms with van der Waals surface area (Å²) in [7, 11) is 0. The lowest BCUT2D eigenvalue weighted by molar-refractivity contribution is -0.123. The molecule has 0 aromatic heterocycles. The first-order valence-corrected chi connectivity index (χ1v) is 2.92. The maximum absolute atomic E-state index is 10.5. The molecule has 0 aromatic rings. The number of rotatable bonds is 2. The summed E-state index contributed by atoms with van der Waals surface area (Å²) >= 11 is 0. The van der Waals surface area contributed by atoms with E-state index in [9.17, 15) is 9.59 Å². The van der Waals surface area contributed by atoms with E-state index >= 15 is 0 Å². The van der Waals surface area contributed by atoms with E-state index in [1.165, 1.54) is 6.92 Å². The third-order valence-electron chi connectivity index (χ3n) is 1.68. The van der Waals surface area contributed by atoms with Crippen molar-refractivity contribution < 1.29 is 9.59 Å². The molecular formula is C6H9NO2. The highest BCUT2D eigenvalue weighted by molar-refractivity contribution is 5.91. The molecule has 2 N–H and O–H groups in total. The van der Waals surface area contributed by atoms with E-state index in [0.29, 0.717) is 6.42 Å². The van der Waals surface area contributed by atoms with Gasteiger partial charge >= 0.3 is 0 Å². The van der Waals surface area contributed by atoms with E-state index in [4.69, 9.17) is 5.73 Å². The summed E-state index contributed by atoms with van der Waals surface area (Å²) in [5, 5.41) is 0. The van der Waals surface area contributed by atoms with Gasteiger partial charge in [-0.05, 0) is 13.3 Å². The Bertz CT molecular complexity index is 146. The Morgan fingerprint density at radius 3 is 2.11 bits per heavy atom. The van der Waals surface area contributed by atoms with Crippen molar-refractivity contribution in [2.75, 3.05) is 0 Å². The number of carbonyl (C=O) groups is 2. The van der Waals surface area contributed by atoms with Crippen LogP contribution in [0.2, 0.25) is 0 Å². The van der Waals surface area contributed by atoms with Crippen LogP contribution in [0.15, 0.2) is 0 Å². The van der Waals surface area contributed by atoms with Crippen LogP contribution >= 0.6 is 0 Å². The number of primary amides is 1. The van der Waals surface area contributed by atoms with E-state index in [0.717, 1.165) is 0 Å². The van der Waals surface area contributed by atoms with Crippen molar-refractivity contribution in [3.63, 3.8) is 0 Å². The lowest BCUT2D eigenvalue weighted by Gasteiger charge is -1.86. The standard InChI is InChI=1S/C6H9NO2/c1-3(8)4-2-5(4)6(7)9/h4-5H,2H2,1H3,(H2,7,9)/t4-,5-/m1/s1. The normalized spacial score (nSPS) is 31.7. The molecule has 1 saturated carbocycles. The number of nitrogens with two attached hydrogens (primary N) is 1. The quantitative estimate of drug-likeness (QED) is 0.553. The van der Waals surface area contributed by atoms with Gasteiger partial charge in [-0.2, -0.15) is 0 Å². The lowest BCUT2D eigenvalue weighted by atomic mass is 10.2. The fourth-order valence-corrected chi connectivity index (χ4v) is 0.959. The van der Waals surface area contributed by atoms with Crippen LogP contribution in [-0.2, 0) is 9.59 Å². The summed E-state index contributed by atoms with van der Waals surface area (Å²) in [5.74, 6) is -0.459. The Balaban J connectivity index is 2.42. The van der Waals surface area contributed by atoms with E-state index < -0.39 is 0 Å². The summed E-state index contributed by atoms with van der Waals surface area (Å²) in [6, 6.07) is 0. The molecular weight excluding hydrogens is 118 g/mol. The predicted molar refractivity (Wildman–Crippen MR) is 31.5 cm³/mol. The van der Waals surface area contributed by atoms with E-state index in [2.05, 4.69) is 0 Å². The van der Waals surface area contributed by atoms with Gasteiger partial charge in [0.25, 0.3) is 0 Å². The topological polar surface area (TPSA) is 60.2 Å². The largest absolute Gasteiger partial charge is 0.369 e. The summed E-state index contributed by atoms with van der Waals surface area (Å²) < 4.78 is 0. The fourth-order valence-electron chi connectivity index (χ4n) is 0.959. The molecule has 0 heterocycles. The third kappa shape index (κ3) is 1.09. The Morgan fingerprint density at radius 1 is 1.44 bits per heavy atom. The number of carbonyl (C=O) groups excluding carboxylic acids is 2. The molecule has 9 heavy (non-hydrogen) atoms. The van der Waals surface area contributed by atoms with Crippen LogP contribution in [-0.4, -0.2) is 11.7 Å². The number of hydrogen-bond acceptors (Lipinski definition) is 2. The Kier molecular flexibility index (Phi) is 1.27. The van der Waals surface area contributed by atoms with Crippen molar-refractivity contribution in [2.24, 2.45) is 17.6 Å². The summed E-state index contributed by atoms with van der Waals surface area (Å²) in [5.41, 5.74) is 4.93. The molecule has 0 aliphatic heterocycles. The second-order valence-corrected chi connectivity index (χ2v) is 2.46. The van der Waals surface area contributed by atoms with Crippen LogP contribution in [0.25, 0.3) is 0 Å². The monoisotopic (exact) mass is 127 g/mol. The lowest BCUT2D eigenvalue weighted by Crippen LogP contribution is -2.15. The van der Waals surface area contributed by atoms with Crippen molar-refractivity contribution in [3.8, 4) is 0 Å². The van der Waals surface area contributed by atoms with E-state index in [-0.39, 0.29) is 23.5 Å². The van der Waals surface area contributed by atoms with Crippen molar-refractivity contribution in [3.05, 3.63) is 0 Å². The van der Waals surface area contributed by atoms with Gasteiger partial charge in [0.05, 0.1) is 0 Å². The maximum Gasteiger partial charge on any atom is 0.221 e. The Labute approximate surface area is 53.2 Å². The van der Waals surface area contributed by atoms with Crippen LogP contribution in [0.1, 0.15) is 13.3 Å². The zero-order chi connectivity index (χ0) is 7.02. The number of ketones is 1.